The average molecular weight is 279 g/mol. The molecule has 1 aromatic heterocycles. The van der Waals surface area contributed by atoms with Gasteiger partial charge in [0.25, 0.3) is 5.91 Å². The van der Waals surface area contributed by atoms with Crippen LogP contribution in [0.15, 0.2) is 18.3 Å². The van der Waals surface area contributed by atoms with Gasteiger partial charge in [0.05, 0.1) is 5.56 Å². The summed E-state index contributed by atoms with van der Waals surface area (Å²) < 4.78 is 0. The monoisotopic (exact) mass is 279 g/mol. The average Bonchev–Trinajstić information content (AvgIpc) is 2.96. The second kappa shape index (κ2) is 7.38. The second-order valence-corrected chi connectivity index (χ2v) is 6.08. The van der Waals surface area contributed by atoms with Gasteiger partial charge in [-0.15, -0.1) is 0 Å². The van der Waals surface area contributed by atoms with Gasteiger partial charge in [0.2, 0.25) is 0 Å². The zero-order valence-electron chi connectivity index (χ0n) is 11.3. The second-order valence-electron chi connectivity index (χ2n) is 4.67. The van der Waals surface area contributed by atoms with E-state index in [1.54, 1.807) is 12.3 Å². The maximum atomic E-state index is 12.2. The molecule has 1 atom stereocenters. The van der Waals surface area contributed by atoms with Crippen molar-refractivity contribution in [3.8, 4) is 0 Å². The number of nitrogens with zero attached hydrogens (tertiary/aromatic N) is 1. The number of hydrogen-bond donors (Lipinski definition) is 2. The Balaban J connectivity index is 1.93. The predicted octanol–water partition coefficient (Wildman–Crippen LogP) is 2.53. The molecule has 0 aliphatic carbocycles. The maximum absolute atomic E-state index is 12.2. The minimum atomic E-state index is -0.0285. The Hall–Kier alpha value is -1.23. The first-order valence-corrected chi connectivity index (χ1v) is 7.95. The van der Waals surface area contributed by atoms with Crippen molar-refractivity contribution in [2.24, 2.45) is 0 Å². The molecule has 2 N–H and O–H groups in total. The number of amides is 1. The summed E-state index contributed by atoms with van der Waals surface area (Å²) in [7, 11) is 0. The molecule has 2 heterocycles. The molecule has 1 aliphatic heterocycles. The van der Waals surface area contributed by atoms with E-state index in [1.807, 2.05) is 17.8 Å². The molecule has 19 heavy (non-hydrogen) atoms. The molecular formula is C14H21N3OS. The molecule has 1 fully saturated rings. The van der Waals surface area contributed by atoms with Crippen LogP contribution < -0.4 is 10.6 Å². The molecule has 1 unspecified atom stereocenters. The summed E-state index contributed by atoms with van der Waals surface area (Å²) in [5, 5.41) is 6.79. The van der Waals surface area contributed by atoms with Crippen molar-refractivity contribution in [1.82, 2.24) is 10.3 Å². The van der Waals surface area contributed by atoms with Gasteiger partial charge in [-0.25, -0.2) is 4.98 Å². The molecule has 2 rings (SSSR count). The minimum absolute atomic E-state index is 0.0285. The van der Waals surface area contributed by atoms with E-state index in [1.165, 1.54) is 18.6 Å². The number of pyridine rings is 1. The first-order valence-electron chi connectivity index (χ1n) is 6.90. The van der Waals surface area contributed by atoms with Crippen LogP contribution in [0.3, 0.4) is 0 Å². The predicted molar refractivity (Wildman–Crippen MR) is 80.8 cm³/mol. The van der Waals surface area contributed by atoms with E-state index < -0.39 is 0 Å². The van der Waals surface area contributed by atoms with Crippen molar-refractivity contribution >= 4 is 23.5 Å². The van der Waals surface area contributed by atoms with Gasteiger partial charge >= 0.3 is 0 Å². The van der Waals surface area contributed by atoms with Gasteiger partial charge in [0, 0.05) is 24.5 Å². The van der Waals surface area contributed by atoms with Crippen LogP contribution >= 0.6 is 11.8 Å². The standard InChI is InChI=1S/C14H21N3OS/c1-2-7-15-13-12(6-3-8-16-13)14(18)17-10-11-5-4-9-19-11/h3,6,8,11H,2,4-5,7,9-10H2,1H3,(H,15,16)(H,17,18). The summed E-state index contributed by atoms with van der Waals surface area (Å²) >= 11 is 1.95. The summed E-state index contributed by atoms with van der Waals surface area (Å²) in [4.78, 5) is 16.4. The van der Waals surface area contributed by atoms with E-state index in [0.717, 1.165) is 19.5 Å². The van der Waals surface area contributed by atoms with E-state index in [-0.39, 0.29) is 5.91 Å². The SMILES string of the molecule is CCCNc1ncccc1C(=O)NCC1CCCS1. The smallest absolute Gasteiger partial charge is 0.255 e. The fourth-order valence-electron chi connectivity index (χ4n) is 2.08. The fourth-order valence-corrected chi connectivity index (χ4v) is 3.28. The first kappa shape index (κ1) is 14.2. The molecule has 104 valence electrons. The Labute approximate surface area is 118 Å². The molecule has 4 nitrogen and oxygen atoms in total. The Morgan fingerprint density at radius 3 is 3.21 bits per heavy atom. The van der Waals surface area contributed by atoms with Crippen LogP contribution in [0.4, 0.5) is 5.82 Å². The van der Waals surface area contributed by atoms with E-state index in [4.69, 9.17) is 0 Å². The number of anilines is 1. The van der Waals surface area contributed by atoms with Crippen LogP contribution in [0.25, 0.3) is 0 Å². The van der Waals surface area contributed by atoms with E-state index >= 15 is 0 Å². The van der Waals surface area contributed by atoms with Crippen molar-refractivity contribution in [3.63, 3.8) is 0 Å². The topological polar surface area (TPSA) is 54.0 Å². The van der Waals surface area contributed by atoms with Crippen LogP contribution in [0.5, 0.6) is 0 Å². The van der Waals surface area contributed by atoms with Gasteiger partial charge in [0.1, 0.15) is 5.82 Å². The number of carbonyl (C=O) groups excluding carboxylic acids is 1. The van der Waals surface area contributed by atoms with E-state index in [9.17, 15) is 4.79 Å². The molecule has 0 bridgehead atoms. The van der Waals surface area contributed by atoms with Crippen LogP contribution in [0.1, 0.15) is 36.5 Å². The molecular weight excluding hydrogens is 258 g/mol. The lowest BCUT2D eigenvalue weighted by molar-refractivity contribution is 0.0954. The van der Waals surface area contributed by atoms with Gasteiger partial charge in [-0.1, -0.05) is 6.92 Å². The maximum Gasteiger partial charge on any atom is 0.255 e. The molecule has 0 radical (unpaired) electrons. The van der Waals surface area contributed by atoms with Crippen molar-refractivity contribution in [3.05, 3.63) is 23.9 Å². The van der Waals surface area contributed by atoms with Crippen molar-refractivity contribution in [2.75, 3.05) is 24.2 Å². The number of thioether (sulfide) groups is 1. The highest BCUT2D eigenvalue weighted by Crippen LogP contribution is 2.25. The molecule has 1 amide bonds. The Morgan fingerprint density at radius 2 is 2.47 bits per heavy atom. The number of nitrogens with one attached hydrogen (secondary N) is 2. The number of hydrogen-bond acceptors (Lipinski definition) is 4. The van der Waals surface area contributed by atoms with Gasteiger partial charge in [-0.2, -0.15) is 11.8 Å². The molecule has 0 saturated carbocycles. The lowest BCUT2D eigenvalue weighted by Gasteiger charge is -2.12. The summed E-state index contributed by atoms with van der Waals surface area (Å²) in [6.07, 6.45) is 5.19. The third kappa shape index (κ3) is 4.13. The highest BCUT2D eigenvalue weighted by Gasteiger charge is 2.18. The van der Waals surface area contributed by atoms with Gasteiger partial charge in [-0.05, 0) is 37.1 Å². The number of rotatable bonds is 6. The van der Waals surface area contributed by atoms with Crippen LogP contribution in [-0.2, 0) is 0 Å². The van der Waals surface area contributed by atoms with Gasteiger partial charge < -0.3 is 10.6 Å². The molecule has 0 spiro atoms. The van der Waals surface area contributed by atoms with Crippen LogP contribution in [-0.4, -0.2) is 35.0 Å². The molecule has 1 aliphatic rings. The fraction of sp³-hybridized carbons (Fsp3) is 0.571. The van der Waals surface area contributed by atoms with Crippen molar-refractivity contribution < 1.29 is 4.79 Å². The zero-order valence-corrected chi connectivity index (χ0v) is 12.1. The lowest BCUT2D eigenvalue weighted by Crippen LogP contribution is -2.30. The Kier molecular flexibility index (Phi) is 5.51. The molecule has 1 aromatic rings. The quantitative estimate of drug-likeness (QED) is 0.840. The third-order valence-corrected chi connectivity index (χ3v) is 4.51. The highest BCUT2D eigenvalue weighted by atomic mass is 32.2. The van der Waals surface area contributed by atoms with E-state index in [0.29, 0.717) is 16.6 Å². The normalized spacial score (nSPS) is 18.3. The highest BCUT2D eigenvalue weighted by molar-refractivity contribution is 8.00. The van der Waals surface area contributed by atoms with Gasteiger partial charge in [0.15, 0.2) is 0 Å². The summed E-state index contributed by atoms with van der Waals surface area (Å²) in [5.74, 6) is 1.87. The lowest BCUT2D eigenvalue weighted by atomic mass is 10.2. The third-order valence-electron chi connectivity index (χ3n) is 3.11. The van der Waals surface area contributed by atoms with Crippen molar-refractivity contribution in [1.29, 1.82) is 0 Å². The summed E-state index contributed by atoms with van der Waals surface area (Å²) in [6, 6.07) is 3.62. The minimum Gasteiger partial charge on any atom is -0.369 e. The summed E-state index contributed by atoms with van der Waals surface area (Å²) in [5.41, 5.74) is 0.638. The number of carbonyl (C=O) groups is 1. The van der Waals surface area contributed by atoms with E-state index in [2.05, 4.69) is 22.5 Å². The van der Waals surface area contributed by atoms with Crippen LogP contribution in [0.2, 0.25) is 0 Å². The molecule has 1 saturated heterocycles. The number of aromatic nitrogens is 1. The summed E-state index contributed by atoms with van der Waals surface area (Å²) in [6.45, 7) is 3.67. The zero-order chi connectivity index (χ0) is 13.5. The molecule has 5 heteroatoms. The molecule has 0 aromatic carbocycles. The van der Waals surface area contributed by atoms with Crippen molar-refractivity contribution in [2.45, 2.75) is 31.4 Å². The largest absolute Gasteiger partial charge is 0.369 e. The first-order chi connectivity index (χ1) is 9.31. The van der Waals surface area contributed by atoms with Crippen LogP contribution in [0, 0.1) is 0 Å². The van der Waals surface area contributed by atoms with Gasteiger partial charge in [-0.3, -0.25) is 4.79 Å². The Morgan fingerprint density at radius 1 is 1.58 bits per heavy atom. The Bertz CT molecular complexity index is 419.